The first kappa shape index (κ1) is 23.2. The van der Waals surface area contributed by atoms with E-state index in [2.05, 4.69) is 15.3 Å². The molecule has 0 aliphatic rings. The van der Waals surface area contributed by atoms with Crippen LogP contribution in [0.5, 0.6) is 0 Å². The highest BCUT2D eigenvalue weighted by molar-refractivity contribution is 7.14. The topological polar surface area (TPSA) is 107 Å². The maximum atomic E-state index is 14.3. The van der Waals surface area contributed by atoms with Crippen LogP contribution >= 0.6 is 11.3 Å². The smallest absolute Gasteiger partial charge is 0.383 e. The lowest BCUT2D eigenvalue weighted by atomic mass is 10.1. The molecule has 2 aromatic heterocycles. The number of anilines is 2. The second-order valence-electron chi connectivity index (χ2n) is 6.71. The van der Waals surface area contributed by atoms with Gasteiger partial charge in [0, 0.05) is 32.1 Å². The molecule has 0 unspecified atom stereocenters. The summed E-state index contributed by atoms with van der Waals surface area (Å²) in [4.78, 5) is 32.8. The Morgan fingerprint density at radius 1 is 1.28 bits per heavy atom. The molecule has 3 N–H and O–H groups in total. The van der Waals surface area contributed by atoms with Crippen molar-refractivity contribution in [1.82, 2.24) is 14.3 Å². The van der Waals surface area contributed by atoms with Crippen LogP contribution in [0.4, 0.5) is 28.5 Å². The van der Waals surface area contributed by atoms with Crippen molar-refractivity contribution < 1.29 is 22.4 Å². The van der Waals surface area contributed by atoms with E-state index in [4.69, 9.17) is 5.73 Å². The number of nitrogens with one attached hydrogen (secondary N) is 1. The zero-order valence-electron chi connectivity index (χ0n) is 17.1. The molecule has 13 heteroatoms. The van der Waals surface area contributed by atoms with Crippen molar-refractivity contribution in [2.75, 3.05) is 18.1 Å². The minimum atomic E-state index is -4.85. The van der Waals surface area contributed by atoms with Crippen LogP contribution in [0.15, 0.2) is 33.4 Å². The predicted molar refractivity (Wildman–Crippen MR) is 113 cm³/mol. The van der Waals surface area contributed by atoms with Crippen molar-refractivity contribution in [3.63, 3.8) is 0 Å². The van der Waals surface area contributed by atoms with E-state index in [0.29, 0.717) is 6.07 Å². The summed E-state index contributed by atoms with van der Waals surface area (Å²) in [6.45, 7) is 0. The van der Waals surface area contributed by atoms with Gasteiger partial charge in [-0.15, -0.1) is 11.3 Å². The number of nitrogen functional groups attached to an aromatic ring is 1. The predicted octanol–water partition coefficient (Wildman–Crippen LogP) is 3.04. The maximum Gasteiger partial charge on any atom is 0.419 e. The van der Waals surface area contributed by atoms with E-state index in [1.165, 1.54) is 34.9 Å². The van der Waals surface area contributed by atoms with Gasteiger partial charge >= 0.3 is 6.18 Å². The number of hydrogen-bond donors (Lipinski definition) is 2. The number of nitrogens with two attached hydrogens (primary N) is 1. The number of carbonyl (C=O) groups excluding carboxylic acids is 1. The molecule has 1 aromatic carbocycles. The van der Waals surface area contributed by atoms with Crippen molar-refractivity contribution in [2.45, 2.75) is 12.6 Å². The zero-order valence-corrected chi connectivity index (χ0v) is 17.9. The van der Waals surface area contributed by atoms with Crippen LogP contribution in [0.3, 0.4) is 0 Å². The van der Waals surface area contributed by atoms with Gasteiger partial charge < -0.3 is 11.1 Å². The largest absolute Gasteiger partial charge is 0.419 e. The molecule has 0 aliphatic heterocycles. The van der Waals surface area contributed by atoms with Crippen LogP contribution in [-0.4, -0.2) is 33.0 Å². The molecule has 0 saturated heterocycles. The second kappa shape index (κ2) is 8.57. The number of thiazole rings is 1. The van der Waals surface area contributed by atoms with Crippen LogP contribution in [0.2, 0.25) is 0 Å². The molecule has 0 fully saturated rings. The number of carbonyl (C=O) groups is 1. The molecule has 170 valence electrons. The van der Waals surface area contributed by atoms with Gasteiger partial charge in [-0.25, -0.2) is 9.37 Å². The Morgan fingerprint density at radius 3 is 2.53 bits per heavy atom. The number of hydrogen-bond acceptors (Lipinski definition) is 6. The Labute approximate surface area is 183 Å². The van der Waals surface area contributed by atoms with Gasteiger partial charge in [0.05, 0.1) is 23.4 Å². The monoisotopic (exact) mass is 470 g/mol. The first-order valence-electron chi connectivity index (χ1n) is 9.04. The van der Waals surface area contributed by atoms with Crippen LogP contribution < -0.4 is 16.6 Å². The first-order valence-corrected chi connectivity index (χ1v) is 9.92. The van der Waals surface area contributed by atoms with Crippen LogP contribution in [0.1, 0.15) is 17.5 Å². The summed E-state index contributed by atoms with van der Waals surface area (Å²) in [6, 6.07) is 2.88. The Hall–Kier alpha value is -3.48. The first-order chi connectivity index (χ1) is 15.0. The number of nitrogens with zero attached hydrogens (tertiary/aromatic N) is 4. The number of aliphatic imine (C=N–C) groups is 1. The van der Waals surface area contributed by atoms with Gasteiger partial charge in [0.15, 0.2) is 5.13 Å². The lowest BCUT2D eigenvalue weighted by molar-refractivity contribution is -0.139. The minimum absolute atomic E-state index is 0.0474. The Morgan fingerprint density at radius 2 is 1.97 bits per heavy atom. The molecule has 3 rings (SSSR count). The molecule has 0 spiro atoms. The van der Waals surface area contributed by atoms with E-state index in [0.717, 1.165) is 17.4 Å². The van der Waals surface area contributed by atoms with E-state index >= 15 is 0 Å². The summed E-state index contributed by atoms with van der Waals surface area (Å²) in [5.74, 6) is -1.89. The van der Waals surface area contributed by atoms with Gasteiger partial charge in [-0.3, -0.25) is 23.9 Å². The van der Waals surface area contributed by atoms with Crippen LogP contribution in [-0.2, 0) is 25.1 Å². The van der Waals surface area contributed by atoms with Gasteiger partial charge in [-0.2, -0.15) is 13.2 Å². The zero-order chi connectivity index (χ0) is 23.8. The molecule has 0 bridgehead atoms. The lowest BCUT2D eigenvalue weighted by Gasteiger charge is -2.09. The summed E-state index contributed by atoms with van der Waals surface area (Å²) in [7, 11) is 4.50. The molecule has 0 radical (unpaired) electrons. The molecule has 8 nitrogen and oxygen atoms in total. The Balaban J connectivity index is 1.80. The average Bonchev–Trinajstić information content (AvgIpc) is 3.25. The van der Waals surface area contributed by atoms with Gasteiger partial charge in [0.25, 0.3) is 5.56 Å². The van der Waals surface area contributed by atoms with Crippen molar-refractivity contribution in [3.05, 3.63) is 50.9 Å². The minimum Gasteiger partial charge on any atom is -0.383 e. The summed E-state index contributed by atoms with van der Waals surface area (Å²) in [5.41, 5.74) is 3.97. The van der Waals surface area contributed by atoms with E-state index in [-0.39, 0.29) is 39.9 Å². The molecule has 2 heterocycles. The van der Waals surface area contributed by atoms with Crippen LogP contribution in [0.25, 0.3) is 11.3 Å². The normalized spacial score (nSPS) is 12.3. The summed E-state index contributed by atoms with van der Waals surface area (Å²) in [5, 5.41) is 3.85. The van der Waals surface area contributed by atoms with E-state index < -0.39 is 29.0 Å². The second-order valence-corrected chi connectivity index (χ2v) is 7.57. The van der Waals surface area contributed by atoms with Gasteiger partial charge in [0.2, 0.25) is 5.91 Å². The van der Waals surface area contributed by atoms with Crippen LogP contribution in [0, 0.1) is 5.82 Å². The number of rotatable bonds is 5. The standard InChI is InChI=1S/C19H18F4N6O2S/c1-25-11(14-16(24)28(2)29(3)17(14)31)7-13(30)27-18-26-12(8-32-18)9-5-4-6-10(15(9)20)19(21,22)23/h4-6,8H,7,24H2,1-3H3,(H,26,27,30). The fourth-order valence-corrected chi connectivity index (χ4v) is 3.73. The van der Waals surface area contributed by atoms with Gasteiger partial charge in [-0.05, 0) is 12.1 Å². The highest BCUT2D eigenvalue weighted by Crippen LogP contribution is 2.36. The Kier molecular flexibility index (Phi) is 6.21. The maximum absolute atomic E-state index is 14.3. The highest BCUT2D eigenvalue weighted by atomic mass is 32.1. The van der Waals surface area contributed by atoms with Crippen molar-refractivity contribution in [3.8, 4) is 11.3 Å². The molecular weight excluding hydrogens is 452 g/mol. The fraction of sp³-hybridized carbons (Fsp3) is 0.263. The average molecular weight is 470 g/mol. The Bertz CT molecular complexity index is 1270. The third-order valence-electron chi connectivity index (χ3n) is 4.78. The number of benzene rings is 1. The van der Waals surface area contributed by atoms with Gasteiger partial charge in [0.1, 0.15) is 17.2 Å². The summed E-state index contributed by atoms with van der Waals surface area (Å²) in [6.07, 6.45) is -5.15. The SMILES string of the molecule is CN=C(CC(=O)Nc1nc(-c2cccc(C(F)(F)F)c2F)cs1)c1c(N)n(C)n(C)c1=O. The van der Waals surface area contributed by atoms with E-state index in [9.17, 15) is 27.2 Å². The third-order valence-corrected chi connectivity index (χ3v) is 5.54. The van der Waals surface area contributed by atoms with Gasteiger partial charge in [-0.1, -0.05) is 6.07 Å². The van der Waals surface area contributed by atoms with Crippen molar-refractivity contribution in [1.29, 1.82) is 0 Å². The number of amides is 1. The molecular formula is C19H18F4N6O2S. The number of halogens is 4. The van der Waals surface area contributed by atoms with Crippen molar-refractivity contribution in [2.24, 2.45) is 19.1 Å². The third kappa shape index (κ3) is 4.28. The van der Waals surface area contributed by atoms with Crippen molar-refractivity contribution >= 4 is 33.9 Å². The summed E-state index contributed by atoms with van der Waals surface area (Å²) >= 11 is 0.913. The lowest BCUT2D eigenvalue weighted by Crippen LogP contribution is -2.24. The molecule has 1 amide bonds. The fourth-order valence-electron chi connectivity index (χ4n) is 3.00. The van der Waals surface area contributed by atoms with E-state index in [1.807, 2.05) is 0 Å². The molecule has 0 saturated carbocycles. The molecule has 32 heavy (non-hydrogen) atoms. The molecule has 0 atom stereocenters. The molecule has 0 aliphatic carbocycles. The van der Waals surface area contributed by atoms with E-state index in [1.54, 1.807) is 7.05 Å². The summed E-state index contributed by atoms with van der Waals surface area (Å²) < 4.78 is 55.8. The number of aromatic nitrogens is 3. The molecule has 3 aromatic rings. The highest BCUT2D eigenvalue weighted by Gasteiger charge is 2.35. The quantitative estimate of drug-likeness (QED) is 0.442. The number of alkyl halides is 3.